The zero-order valence-corrected chi connectivity index (χ0v) is 21.0. The molecule has 1 aromatic carbocycles. The lowest BCUT2D eigenvalue weighted by Crippen LogP contribution is -2.68. The van der Waals surface area contributed by atoms with Crippen molar-refractivity contribution in [2.45, 2.75) is 50.4 Å². The molecular formula is C29H34N4O4. The van der Waals surface area contributed by atoms with Gasteiger partial charge in [-0.15, -0.1) is 0 Å². The summed E-state index contributed by atoms with van der Waals surface area (Å²) >= 11 is 0. The smallest absolute Gasteiger partial charge is 0.306 e. The summed E-state index contributed by atoms with van der Waals surface area (Å²) in [5, 5.41) is 25.7. The maximum absolute atomic E-state index is 11.6. The lowest BCUT2D eigenvalue weighted by Gasteiger charge is -2.66. The Morgan fingerprint density at radius 3 is 2.65 bits per heavy atom. The van der Waals surface area contributed by atoms with E-state index in [0.29, 0.717) is 6.54 Å². The van der Waals surface area contributed by atoms with Crippen LogP contribution < -0.4 is 10.2 Å². The molecule has 2 aromatic heterocycles. The van der Waals surface area contributed by atoms with Gasteiger partial charge < -0.3 is 24.4 Å². The molecule has 3 aliphatic carbocycles. The summed E-state index contributed by atoms with van der Waals surface area (Å²) in [6.45, 7) is 3.89. The molecule has 3 heterocycles. The summed E-state index contributed by atoms with van der Waals surface area (Å²) in [4.78, 5) is 18.7. The van der Waals surface area contributed by atoms with Crippen LogP contribution in [-0.4, -0.2) is 57.6 Å². The Morgan fingerprint density at radius 1 is 1.16 bits per heavy atom. The van der Waals surface area contributed by atoms with Gasteiger partial charge in [0.05, 0.1) is 48.8 Å². The number of aliphatic hydroxyl groups is 1. The van der Waals surface area contributed by atoms with E-state index >= 15 is 0 Å². The van der Waals surface area contributed by atoms with Crippen molar-refractivity contribution in [2.24, 2.45) is 17.3 Å². The Hall–Kier alpha value is -2.94. The van der Waals surface area contributed by atoms with Crippen LogP contribution in [0.15, 0.2) is 48.8 Å². The zero-order chi connectivity index (χ0) is 25.2. The molecule has 0 radical (unpaired) electrons. The first-order valence-corrected chi connectivity index (χ1v) is 13.5. The number of ether oxygens (including phenoxy) is 1. The lowest BCUT2D eigenvalue weighted by molar-refractivity contribution is -0.196. The molecule has 1 aliphatic heterocycles. The Labute approximate surface area is 216 Å². The molecule has 0 bridgehead atoms. The van der Waals surface area contributed by atoms with E-state index in [1.54, 1.807) is 0 Å². The third kappa shape index (κ3) is 3.60. The summed E-state index contributed by atoms with van der Waals surface area (Å²) in [7, 11) is 0. The minimum atomic E-state index is -0.809. The van der Waals surface area contributed by atoms with Gasteiger partial charge in [-0.05, 0) is 61.6 Å². The maximum atomic E-state index is 11.6. The summed E-state index contributed by atoms with van der Waals surface area (Å²) in [5.41, 5.74) is 3.86. The van der Waals surface area contributed by atoms with Crippen LogP contribution in [0.25, 0.3) is 10.9 Å². The number of hydrogen-bond acceptors (Lipinski definition) is 6. The fourth-order valence-corrected chi connectivity index (χ4v) is 7.51. The average molecular weight is 503 g/mol. The molecular weight excluding hydrogens is 468 g/mol. The molecule has 4 unspecified atom stereocenters. The van der Waals surface area contributed by atoms with Gasteiger partial charge in [0.2, 0.25) is 0 Å². The van der Waals surface area contributed by atoms with Crippen molar-refractivity contribution >= 4 is 22.6 Å². The zero-order valence-electron chi connectivity index (χ0n) is 21.0. The van der Waals surface area contributed by atoms with Crippen molar-refractivity contribution in [1.82, 2.24) is 14.9 Å². The second kappa shape index (κ2) is 8.55. The number of aliphatic hydroxyl groups excluding tert-OH is 1. The van der Waals surface area contributed by atoms with E-state index in [4.69, 9.17) is 9.72 Å². The summed E-state index contributed by atoms with van der Waals surface area (Å²) < 4.78 is 7.62. The molecule has 4 aliphatic rings. The highest BCUT2D eigenvalue weighted by Gasteiger charge is 2.74. The number of morpholine rings is 1. The molecule has 4 fully saturated rings. The van der Waals surface area contributed by atoms with Crippen LogP contribution in [0, 0.1) is 17.3 Å². The molecule has 194 valence electrons. The number of para-hydroxylation sites is 1. The number of rotatable bonds is 8. The maximum Gasteiger partial charge on any atom is 0.306 e. The van der Waals surface area contributed by atoms with Gasteiger partial charge in [-0.1, -0.05) is 18.2 Å². The Morgan fingerprint density at radius 2 is 2.00 bits per heavy atom. The topological polar surface area (TPSA) is 99.9 Å². The number of nitrogens with zero attached hydrogens (tertiary/aromatic N) is 3. The summed E-state index contributed by atoms with van der Waals surface area (Å²) in [5.74, 6) is -0.628. The Bertz CT molecular complexity index is 1330. The quantitative estimate of drug-likeness (QED) is 0.405. The number of pyridine rings is 1. The standard InChI is InChI=1S/C29H34N4O4/c34-26(31-29(9-10-29)28-8-6-24(28)23(16-28)27(35)36)22-3-1-2-19-7-11-33(25(19)22)18-20-4-5-21(17-30-20)32-12-14-37-15-13-32/h1-5,7,11,17,23-24,26,31,34H,6,8-10,12-16,18H2,(H,35,36). The molecule has 3 aromatic rings. The second-order valence-electron chi connectivity index (χ2n) is 11.4. The molecule has 3 saturated carbocycles. The minimum absolute atomic E-state index is 0.0407. The van der Waals surface area contributed by atoms with E-state index in [1.165, 1.54) is 0 Å². The second-order valence-corrected chi connectivity index (χ2v) is 11.4. The molecule has 1 saturated heterocycles. The first kappa shape index (κ1) is 23.2. The Balaban J connectivity index is 1.11. The number of aromatic nitrogens is 2. The largest absolute Gasteiger partial charge is 0.481 e. The average Bonchev–Trinajstić information content (AvgIpc) is 3.56. The van der Waals surface area contributed by atoms with Crippen molar-refractivity contribution in [1.29, 1.82) is 0 Å². The molecule has 0 amide bonds. The molecule has 8 nitrogen and oxygen atoms in total. The van der Waals surface area contributed by atoms with Gasteiger partial charge in [0.1, 0.15) is 6.23 Å². The number of hydrogen-bond donors (Lipinski definition) is 3. The number of carbonyl (C=O) groups is 1. The molecule has 0 spiro atoms. The summed E-state index contributed by atoms with van der Waals surface area (Å²) in [6, 6.07) is 12.4. The molecule has 3 N–H and O–H groups in total. The highest BCUT2D eigenvalue weighted by molar-refractivity contribution is 5.84. The van der Waals surface area contributed by atoms with E-state index in [2.05, 4.69) is 45.2 Å². The molecule has 7 rings (SSSR count). The highest BCUT2D eigenvalue weighted by atomic mass is 16.5. The highest BCUT2D eigenvalue weighted by Crippen LogP contribution is 2.74. The van der Waals surface area contributed by atoms with E-state index in [0.717, 1.165) is 86.3 Å². The van der Waals surface area contributed by atoms with Gasteiger partial charge in [0, 0.05) is 35.8 Å². The predicted molar refractivity (Wildman–Crippen MR) is 139 cm³/mol. The fraction of sp³-hybridized carbons (Fsp3) is 0.517. The van der Waals surface area contributed by atoms with Crippen LogP contribution in [-0.2, 0) is 16.1 Å². The number of carboxylic acids is 1. The summed E-state index contributed by atoms with van der Waals surface area (Å²) in [6.07, 6.45) is 8.00. The third-order valence-electron chi connectivity index (χ3n) is 9.75. The van der Waals surface area contributed by atoms with Crippen LogP contribution >= 0.6 is 0 Å². The van der Waals surface area contributed by atoms with Gasteiger partial charge >= 0.3 is 5.97 Å². The van der Waals surface area contributed by atoms with Gasteiger partial charge in [0.25, 0.3) is 0 Å². The van der Waals surface area contributed by atoms with Crippen molar-refractivity contribution in [3.63, 3.8) is 0 Å². The number of benzene rings is 1. The third-order valence-corrected chi connectivity index (χ3v) is 9.75. The minimum Gasteiger partial charge on any atom is -0.481 e. The fourth-order valence-electron chi connectivity index (χ4n) is 7.51. The van der Waals surface area contributed by atoms with Crippen molar-refractivity contribution < 1.29 is 19.7 Å². The van der Waals surface area contributed by atoms with Crippen LogP contribution in [0.5, 0.6) is 0 Å². The first-order chi connectivity index (χ1) is 18.0. The van der Waals surface area contributed by atoms with Crippen LogP contribution in [0.1, 0.15) is 49.6 Å². The van der Waals surface area contributed by atoms with Gasteiger partial charge in [0.15, 0.2) is 0 Å². The number of aliphatic carboxylic acids is 1. The van der Waals surface area contributed by atoms with Crippen LogP contribution in [0.4, 0.5) is 5.69 Å². The number of anilines is 1. The monoisotopic (exact) mass is 502 g/mol. The van der Waals surface area contributed by atoms with Crippen LogP contribution in [0.2, 0.25) is 0 Å². The van der Waals surface area contributed by atoms with Crippen LogP contribution in [0.3, 0.4) is 0 Å². The van der Waals surface area contributed by atoms with E-state index in [9.17, 15) is 15.0 Å². The number of carboxylic acid groups (broad SMARTS) is 1. The SMILES string of the molecule is O=C(O)C1CC2(C3(NC(O)c4cccc5ccn(Cc6ccc(N7CCOCC7)cn6)c45)CC3)CCC12. The van der Waals surface area contributed by atoms with Gasteiger partial charge in [-0.2, -0.15) is 0 Å². The van der Waals surface area contributed by atoms with Crippen molar-refractivity contribution in [2.75, 3.05) is 31.2 Å². The van der Waals surface area contributed by atoms with E-state index in [1.807, 2.05) is 18.3 Å². The molecule has 8 heteroatoms. The predicted octanol–water partition coefficient (Wildman–Crippen LogP) is 3.54. The van der Waals surface area contributed by atoms with E-state index in [-0.39, 0.29) is 22.8 Å². The van der Waals surface area contributed by atoms with Crippen molar-refractivity contribution in [3.05, 3.63) is 60.0 Å². The van der Waals surface area contributed by atoms with Crippen molar-refractivity contribution in [3.8, 4) is 0 Å². The van der Waals surface area contributed by atoms with Gasteiger partial charge in [-0.3, -0.25) is 15.1 Å². The number of nitrogens with one attached hydrogen (secondary N) is 1. The first-order valence-electron chi connectivity index (χ1n) is 13.5. The van der Waals surface area contributed by atoms with E-state index < -0.39 is 12.2 Å². The molecule has 37 heavy (non-hydrogen) atoms. The molecule has 4 atom stereocenters. The Kier molecular flexibility index (Phi) is 5.36. The normalized spacial score (nSPS) is 28.7. The lowest BCUT2D eigenvalue weighted by atomic mass is 9.39. The number of fused-ring (bicyclic) bond motifs is 2. The van der Waals surface area contributed by atoms with Gasteiger partial charge in [-0.25, -0.2) is 0 Å².